The first-order valence-electron chi connectivity index (χ1n) is 5.44. The number of rotatable bonds is 3. The zero-order valence-electron chi connectivity index (χ0n) is 8.94. The first-order valence-corrected chi connectivity index (χ1v) is 5.44. The summed E-state index contributed by atoms with van der Waals surface area (Å²) >= 11 is 0. The van der Waals surface area contributed by atoms with Crippen LogP contribution in [0.15, 0.2) is 18.3 Å². The van der Waals surface area contributed by atoms with Crippen LogP contribution in [0.5, 0.6) is 0 Å². The van der Waals surface area contributed by atoms with E-state index in [2.05, 4.69) is 10.3 Å². The van der Waals surface area contributed by atoms with Gasteiger partial charge in [-0.3, -0.25) is 4.79 Å². The molecule has 1 aromatic heterocycles. The number of nitrogens with zero attached hydrogens (tertiary/aromatic N) is 2. The van der Waals surface area contributed by atoms with Gasteiger partial charge in [-0.15, -0.1) is 0 Å². The van der Waals surface area contributed by atoms with Gasteiger partial charge in [0, 0.05) is 12.7 Å². The Morgan fingerprint density at radius 1 is 1.56 bits per heavy atom. The summed E-state index contributed by atoms with van der Waals surface area (Å²) in [4.78, 5) is 15.6. The third kappa shape index (κ3) is 2.37. The van der Waals surface area contributed by atoms with E-state index in [0.717, 1.165) is 6.54 Å². The molecule has 82 valence electrons. The fraction of sp³-hybridized carbons (Fsp3) is 0.417. The fourth-order valence-corrected chi connectivity index (χ4v) is 1.62. The van der Waals surface area contributed by atoms with Gasteiger partial charge in [0.15, 0.2) is 0 Å². The summed E-state index contributed by atoms with van der Waals surface area (Å²) in [6, 6.07) is 5.15. The van der Waals surface area contributed by atoms with Crippen molar-refractivity contribution in [1.82, 2.24) is 10.3 Å². The van der Waals surface area contributed by atoms with Gasteiger partial charge in [0.05, 0.1) is 5.56 Å². The summed E-state index contributed by atoms with van der Waals surface area (Å²) in [5, 5.41) is 11.4. The van der Waals surface area contributed by atoms with E-state index in [9.17, 15) is 4.79 Å². The average molecular weight is 215 g/mol. The monoisotopic (exact) mass is 215 g/mol. The predicted molar refractivity (Wildman–Crippen MR) is 58.6 cm³/mol. The van der Waals surface area contributed by atoms with Crippen LogP contribution in [0.4, 0.5) is 0 Å². The second-order valence-electron chi connectivity index (χ2n) is 4.05. The highest BCUT2D eigenvalue weighted by Crippen LogP contribution is 2.25. The maximum Gasteiger partial charge on any atom is 0.269 e. The lowest BCUT2D eigenvalue weighted by Gasteiger charge is -2.25. The number of nitrogens with one attached hydrogen (secondary N) is 1. The molecule has 1 heterocycles. The van der Waals surface area contributed by atoms with Crippen molar-refractivity contribution in [3.05, 3.63) is 29.6 Å². The molecule has 0 aliphatic heterocycles. The first-order chi connectivity index (χ1) is 7.79. The number of nitriles is 1. The van der Waals surface area contributed by atoms with E-state index in [0.29, 0.717) is 17.2 Å². The third-order valence-corrected chi connectivity index (χ3v) is 2.90. The van der Waals surface area contributed by atoms with Gasteiger partial charge in [0.1, 0.15) is 11.8 Å². The Hall–Kier alpha value is -1.89. The third-order valence-electron chi connectivity index (χ3n) is 2.90. The Kier molecular flexibility index (Phi) is 3.16. The van der Waals surface area contributed by atoms with Gasteiger partial charge < -0.3 is 5.32 Å². The predicted octanol–water partition coefficient (Wildman–Crippen LogP) is 1.48. The van der Waals surface area contributed by atoms with Crippen molar-refractivity contribution < 1.29 is 4.79 Å². The Balaban J connectivity index is 1.89. The Morgan fingerprint density at radius 3 is 2.88 bits per heavy atom. The van der Waals surface area contributed by atoms with Crippen LogP contribution >= 0.6 is 0 Å². The molecule has 1 aromatic rings. The second-order valence-corrected chi connectivity index (χ2v) is 4.05. The number of hydrogen-bond donors (Lipinski definition) is 1. The molecular formula is C12H13N3O. The molecule has 1 N–H and O–H groups in total. The van der Waals surface area contributed by atoms with E-state index in [1.54, 1.807) is 12.1 Å². The van der Waals surface area contributed by atoms with Crippen LogP contribution in [-0.2, 0) is 0 Å². The normalized spacial score (nSPS) is 14.9. The van der Waals surface area contributed by atoms with Gasteiger partial charge in [-0.05, 0) is 30.9 Å². The molecule has 0 bridgehead atoms. The van der Waals surface area contributed by atoms with Crippen LogP contribution in [0.1, 0.15) is 35.3 Å². The largest absolute Gasteiger partial charge is 0.350 e. The summed E-state index contributed by atoms with van der Waals surface area (Å²) in [6.07, 6.45) is 5.11. The molecule has 16 heavy (non-hydrogen) atoms. The molecule has 0 aromatic carbocycles. The zero-order valence-corrected chi connectivity index (χ0v) is 8.94. The number of carbonyl (C=O) groups excluding carboxylic acids is 1. The van der Waals surface area contributed by atoms with E-state index in [1.807, 2.05) is 6.07 Å². The highest BCUT2D eigenvalue weighted by atomic mass is 16.1. The second kappa shape index (κ2) is 4.75. The molecule has 2 rings (SSSR count). The maximum absolute atomic E-state index is 11.6. The van der Waals surface area contributed by atoms with Crippen LogP contribution in [0.25, 0.3) is 0 Å². The zero-order chi connectivity index (χ0) is 11.4. The van der Waals surface area contributed by atoms with Crippen LogP contribution < -0.4 is 5.32 Å². The minimum atomic E-state index is -0.156. The highest BCUT2D eigenvalue weighted by Gasteiger charge is 2.18. The van der Waals surface area contributed by atoms with Gasteiger partial charge in [-0.1, -0.05) is 6.42 Å². The van der Waals surface area contributed by atoms with Gasteiger partial charge in [0.25, 0.3) is 5.91 Å². The van der Waals surface area contributed by atoms with Crippen molar-refractivity contribution in [1.29, 1.82) is 5.26 Å². The lowest BCUT2D eigenvalue weighted by Crippen LogP contribution is -2.32. The van der Waals surface area contributed by atoms with Crippen LogP contribution in [0.3, 0.4) is 0 Å². The smallest absolute Gasteiger partial charge is 0.269 e. The Bertz CT molecular complexity index is 415. The van der Waals surface area contributed by atoms with E-state index in [4.69, 9.17) is 5.26 Å². The summed E-state index contributed by atoms with van der Waals surface area (Å²) in [7, 11) is 0. The molecule has 0 radical (unpaired) electrons. The topological polar surface area (TPSA) is 65.8 Å². The van der Waals surface area contributed by atoms with Crippen molar-refractivity contribution in [2.75, 3.05) is 6.54 Å². The van der Waals surface area contributed by atoms with E-state index >= 15 is 0 Å². The number of amides is 1. The molecule has 0 saturated heterocycles. The Labute approximate surface area is 94.3 Å². The summed E-state index contributed by atoms with van der Waals surface area (Å²) in [6.45, 7) is 0.737. The van der Waals surface area contributed by atoms with E-state index in [-0.39, 0.29) is 5.91 Å². The number of pyridine rings is 1. The van der Waals surface area contributed by atoms with Crippen molar-refractivity contribution in [3.63, 3.8) is 0 Å². The lowest BCUT2D eigenvalue weighted by molar-refractivity contribution is 0.0934. The molecule has 0 spiro atoms. The molecule has 0 atom stereocenters. The van der Waals surface area contributed by atoms with Crippen molar-refractivity contribution >= 4 is 5.91 Å². The van der Waals surface area contributed by atoms with E-state index in [1.165, 1.54) is 25.5 Å². The highest BCUT2D eigenvalue weighted by molar-refractivity contribution is 5.92. The molecule has 1 aliphatic carbocycles. The molecule has 1 aliphatic rings. The lowest BCUT2D eigenvalue weighted by atomic mass is 9.85. The first kappa shape index (κ1) is 10.6. The average Bonchev–Trinajstić information content (AvgIpc) is 2.27. The van der Waals surface area contributed by atoms with Crippen molar-refractivity contribution in [3.8, 4) is 6.07 Å². The van der Waals surface area contributed by atoms with Crippen molar-refractivity contribution in [2.45, 2.75) is 19.3 Å². The minimum Gasteiger partial charge on any atom is -0.350 e. The molecule has 1 amide bonds. The molecule has 4 heteroatoms. The molecule has 4 nitrogen and oxygen atoms in total. The number of carbonyl (C=O) groups is 1. The maximum atomic E-state index is 11.6. The fourth-order valence-electron chi connectivity index (χ4n) is 1.62. The van der Waals surface area contributed by atoms with Crippen LogP contribution in [-0.4, -0.2) is 17.4 Å². The molecule has 1 fully saturated rings. The SMILES string of the molecule is N#Cc1ccc(C(=O)NCC2CCC2)nc1. The molecular weight excluding hydrogens is 202 g/mol. The standard InChI is InChI=1S/C12H13N3O/c13-6-10-4-5-11(14-8-10)12(16)15-7-9-2-1-3-9/h4-5,8-9H,1-3,7H2,(H,15,16). The van der Waals surface area contributed by atoms with Crippen molar-refractivity contribution in [2.24, 2.45) is 5.92 Å². The summed E-state index contributed by atoms with van der Waals surface area (Å²) in [5.41, 5.74) is 0.842. The Morgan fingerprint density at radius 2 is 2.38 bits per heavy atom. The summed E-state index contributed by atoms with van der Waals surface area (Å²) in [5.74, 6) is 0.485. The van der Waals surface area contributed by atoms with Gasteiger partial charge in [-0.25, -0.2) is 4.98 Å². The molecule has 1 saturated carbocycles. The van der Waals surface area contributed by atoms with Gasteiger partial charge >= 0.3 is 0 Å². The number of aromatic nitrogens is 1. The number of hydrogen-bond acceptors (Lipinski definition) is 3. The molecule has 0 unspecified atom stereocenters. The van der Waals surface area contributed by atoms with Gasteiger partial charge in [0.2, 0.25) is 0 Å². The van der Waals surface area contributed by atoms with E-state index < -0.39 is 0 Å². The van der Waals surface area contributed by atoms with Crippen LogP contribution in [0.2, 0.25) is 0 Å². The summed E-state index contributed by atoms with van der Waals surface area (Å²) < 4.78 is 0. The van der Waals surface area contributed by atoms with Gasteiger partial charge in [-0.2, -0.15) is 5.26 Å². The quantitative estimate of drug-likeness (QED) is 0.830. The minimum absolute atomic E-state index is 0.156. The van der Waals surface area contributed by atoms with Crippen LogP contribution in [0, 0.1) is 17.2 Å².